The maximum atomic E-state index is 13.2. The average molecular weight is 545 g/mol. The number of rotatable bonds is 6. The molecule has 15 nitrogen and oxygen atoms in total. The summed E-state index contributed by atoms with van der Waals surface area (Å²) in [6, 6.07) is -4.35. The molecule has 3 fully saturated rings. The first-order chi connectivity index (χ1) is 16.6. The van der Waals surface area contributed by atoms with Gasteiger partial charge >= 0.3 is 18.0 Å². The molecular weight excluding hydrogens is 520 g/mol. The van der Waals surface area contributed by atoms with Crippen LogP contribution in [0.25, 0.3) is 0 Å². The molecule has 196 valence electrons. The van der Waals surface area contributed by atoms with E-state index in [0.29, 0.717) is 15.0 Å². The highest BCUT2D eigenvalue weighted by Crippen LogP contribution is 2.50. The van der Waals surface area contributed by atoms with Gasteiger partial charge in [-0.25, -0.2) is 32.0 Å². The van der Waals surface area contributed by atoms with Crippen molar-refractivity contribution in [2.45, 2.75) is 49.0 Å². The number of carbonyl (C=O) groups excluding carboxylic acids is 4. The van der Waals surface area contributed by atoms with E-state index in [1.165, 1.54) is 22.7 Å². The van der Waals surface area contributed by atoms with Gasteiger partial charge in [-0.3, -0.25) is 9.59 Å². The lowest BCUT2D eigenvalue weighted by Crippen LogP contribution is -2.71. The van der Waals surface area contributed by atoms with Crippen molar-refractivity contribution in [3.05, 3.63) is 17.5 Å². The molecule has 3 aliphatic rings. The summed E-state index contributed by atoms with van der Waals surface area (Å²) in [5.41, 5.74) is -0.0172. The van der Waals surface area contributed by atoms with E-state index in [2.05, 4.69) is 15.8 Å². The van der Waals surface area contributed by atoms with Crippen molar-refractivity contribution < 1.29 is 42.0 Å². The van der Waals surface area contributed by atoms with Gasteiger partial charge in [0.05, 0.1) is 19.3 Å². The molecule has 36 heavy (non-hydrogen) atoms. The molecule has 1 aromatic rings. The number of aryl methyl sites for hydroxylation is 1. The molecule has 17 heteroatoms. The first-order valence-corrected chi connectivity index (χ1v) is 13.4. The number of urea groups is 2. The number of amides is 6. The van der Waals surface area contributed by atoms with Gasteiger partial charge in [0, 0.05) is 10.8 Å². The molecule has 3 saturated heterocycles. The monoisotopic (exact) mass is 544 g/mol. The largest absolute Gasteiger partial charge is 0.480 e. The Labute approximate surface area is 209 Å². The zero-order chi connectivity index (χ0) is 26.7. The van der Waals surface area contributed by atoms with Crippen molar-refractivity contribution in [3.8, 4) is 0 Å². The first kappa shape index (κ1) is 25.7. The maximum absolute atomic E-state index is 13.2. The van der Waals surface area contributed by atoms with E-state index in [1.54, 1.807) is 20.8 Å². The fourth-order valence-electron chi connectivity index (χ4n) is 4.39. The Balaban J connectivity index is 1.51. The van der Waals surface area contributed by atoms with E-state index in [9.17, 15) is 37.5 Å². The standard InChI is InChI=1S/C19H24N6O9S2/c1-8-7-9(22-34-8)10(21-17(30)23-5-6-24(18(23)31)36(4,32)33)13(26)20-11-14(27)25-12(16(28)29)19(2,3)35-15(11)25/h7,10-12,15H,5-6H2,1-4H3,(H,20,26)(H,21,30)(H,28,29)/t10?,11?,12-,15+/m0/s1. The minimum Gasteiger partial charge on any atom is -0.480 e. The second-order valence-electron chi connectivity index (χ2n) is 9.10. The fourth-order valence-corrected chi connectivity index (χ4v) is 6.81. The van der Waals surface area contributed by atoms with Crippen LogP contribution in [0, 0.1) is 6.92 Å². The molecule has 0 aromatic carbocycles. The number of carboxylic acids is 1. The predicted octanol–water partition coefficient (Wildman–Crippen LogP) is -0.937. The minimum absolute atomic E-state index is 0.0172. The van der Waals surface area contributed by atoms with Crippen LogP contribution >= 0.6 is 11.8 Å². The van der Waals surface area contributed by atoms with Gasteiger partial charge < -0.3 is 25.2 Å². The van der Waals surface area contributed by atoms with Crippen molar-refractivity contribution in [3.63, 3.8) is 0 Å². The third kappa shape index (κ3) is 4.25. The molecule has 0 radical (unpaired) electrons. The van der Waals surface area contributed by atoms with Crippen molar-refractivity contribution in [2.24, 2.45) is 0 Å². The highest BCUT2D eigenvalue weighted by molar-refractivity contribution is 8.01. The Morgan fingerprint density at radius 3 is 2.47 bits per heavy atom. The molecule has 1 aromatic heterocycles. The number of thioether (sulfide) groups is 1. The first-order valence-electron chi connectivity index (χ1n) is 10.7. The van der Waals surface area contributed by atoms with Crippen LogP contribution in [0.2, 0.25) is 0 Å². The summed E-state index contributed by atoms with van der Waals surface area (Å²) in [5.74, 6) is -2.27. The van der Waals surface area contributed by atoms with Gasteiger partial charge in [0.1, 0.15) is 28.9 Å². The molecule has 0 spiro atoms. The van der Waals surface area contributed by atoms with Crippen LogP contribution in [0.15, 0.2) is 10.6 Å². The number of fused-ring (bicyclic) bond motifs is 1. The predicted molar refractivity (Wildman–Crippen MR) is 122 cm³/mol. The number of carbonyl (C=O) groups is 5. The molecule has 4 atom stereocenters. The number of carboxylic acid groups (broad SMARTS) is 1. The number of sulfonamides is 1. The van der Waals surface area contributed by atoms with Crippen LogP contribution in [0.4, 0.5) is 9.59 Å². The van der Waals surface area contributed by atoms with Gasteiger partial charge in [0.25, 0.3) is 0 Å². The van der Waals surface area contributed by atoms with Crippen LogP contribution in [0.1, 0.15) is 31.3 Å². The van der Waals surface area contributed by atoms with E-state index in [0.717, 1.165) is 6.26 Å². The number of imide groups is 1. The quantitative estimate of drug-likeness (QED) is 0.373. The highest BCUT2D eigenvalue weighted by Gasteiger charge is 2.64. The normalized spacial score (nSPS) is 25.9. The number of β-lactam (4-membered cyclic amide) rings is 1. The average Bonchev–Trinajstić information content (AvgIpc) is 3.43. The van der Waals surface area contributed by atoms with E-state index in [-0.39, 0.29) is 18.8 Å². The lowest BCUT2D eigenvalue weighted by atomic mass is 9.96. The number of hydrogen-bond acceptors (Lipinski definition) is 10. The molecule has 0 bridgehead atoms. The molecule has 3 N–H and O–H groups in total. The molecule has 6 amide bonds. The molecule has 0 saturated carbocycles. The second kappa shape index (κ2) is 8.65. The van der Waals surface area contributed by atoms with Crippen molar-refractivity contribution in [2.75, 3.05) is 19.3 Å². The summed E-state index contributed by atoms with van der Waals surface area (Å²) >= 11 is 1.23. The molecular formula is C19H24N6O9S2. The van der Waals surface area contributed by atoms with E-state index in [4.69, 9.17) is 4.52 Å². The number of nitrogens with zero attached hydrogens (tertiary/aromatic N) is 4. The maximum Gasteiger partial charge on any atom is 0.341 e. The number of nitrogens with one attached hydrogen (secondary N) is 2. The molecule has 3 aliphatic heterocycles. The highest BCUT2D eigenvalue weighted by atomic mass is 32.2. The van der Waals surface area contributed by atoms with Crippen LogP contribution in [-0.2, 0) is 24.4 Å². The topological polar surface area (TPSA) is 200 Å². The third-order valence-corrected chi connectivity index (χ3v) is 8.77. The lowest BCUT2D eigenvalue weighted by Gasteiger charge is -2.43. The van der Waals surface area contributed by atoms with Crippen LogP contribution < -0.4 is 10.6 Å². The molecule has 0 aliphatic carbocycles. The van der Waals surface area contributed by atoms with Gasteiger partial charge in [0.2, 0.25) is 21.8 Å². The molecule has 4 heterocycles. The van der Waals surface area contributed by atoms with E-state index < -0.39 is 68.1 Å². The zero-order valence-corrected chi connectivity index (χ0v) is 21.3. The van der Waals surface area contributed by atoms with Gasteiger partial charge in [-0.1, -0.05) is 5.16 Å². The Hall–Kier alpha value is -3.34. The molecule has 4 rings (SSSR count). The third-order valence-electron chi connectivity index (χ3n) is 6.06. The van der Waals surface area contributed by atoms with Gasteiger partial charge in [-0.05, 0) is 20.8 Å². The SMILES string of the molecule is Cc1cc(C(NC(=O)N2CCN(S(C)(=O)=O)C2=O)C(=O)NC2C(=O)N3[C@@H]2SC(C)(C)[C@@H]3C(=O)O)no1. The number of aliphatic carboxylic acids is 1. The smallest absolute Gasteiger partial charge is 0.341 e. The summed E-state index contributed by atoms with van der Waals surface area (Å²) in [7, 11) is -3.89. The Bertz CT molecular complexity index is 1260. The van der Waals surface area contributed by atoms with Crippen LogP contribution in [-0.4, -0.2) is 104 Å². The Morgan fingerprint density at radius 2 is 1.94 bits per heavy atom. The summed E-state index contributed by atoms with van der Waals surface area (Å²) in [4.78, 5) is 64.7. The zero-order valence-electron chi connectivity index (χ0n) is 19.6. The summed E-state index contributed by atoms with van der Waals surface area (Å²) in [6.45, 7) is 4.46. The number of hydrogen-bond donors (Lipinski definition) is 3. The summed E-state index contributed by atoms with van der Waals surface area (Å²) in [5, 5.41) is 17.6. The van der Waals surface area contributed by atoms with Gasteiger partial charge in [-0.15, -0.1) is 11.8 Å². The second-order valence-corrected chi connectivity index (χ2v) is 12.8. The molecule has 2 unspecified atom stereocenters. The summed E-state index contributed by atoms with van der Waals surface area (Å²) in [6.07, 6.45) is 0.830. The van der Waals surface area contributed by atoms with Crippen molar-refractivity contribution >= 4 is 51.6 Å². The van der Waals surface area contributed by atoms with Crippen LogP contribution in [0.3, 0.4) is 0 Å². The lowest BCUT2D eigenvalue weighted by molar-refractivity contribution is -0.161. The Kier molecular flexibility index (Phi) is 6.19. The van der Waals surface area contributed by atoms with Crippen molar-refractivity contribution in [1.29, 1.82) is 0 Å². The summed E-state index contributed by atoms with van der Waals surface area (Å²) < 4.78 is 28.2. The minimum atomic E-state index is -3.89. The van der Waals surface area contributed by atoms with E-state index >= 15 is 0 Å². The number of aromatic nitrogens is 1. The Morgan fingerprint density at radius 1 is 1.28 bits per heavy atom. The van der Waals surface area contributed by atoms with Gasteiger partial charge in [-0.2, -0.15) is 0 Å². The van der Waals surface area contributed by atoms with Crippen LogP contribution in [0.5, 0.6) is 0 Å². The van der Waals surface area contributed by atoms with E-state index in [1.807, 2.05) is 0 Å². The fraction of sp³-hybridized carbons (Fsp3) is 0.579. The van der Waals surface area contributed by atoms with Crippen molar-refractivity contribution in [1.82, 2.24) is 29.9 Å². The van der Waals surface area contributed by atoms with Gasteiger partial charge in [0.15, 0.2) is 6.04 Å².